The second-order valence-corrected chi connectivity index (χ2v) is 5.80. The summed E-state index contributed by atoms with van der Waals surface area (Å²) in [5.41, 5.74) is 3.44. The Morgan fingerprint density at radius 1 is 0.955 bits per heavy atom. The molecule has 1 saturated heterocycles. The Kier molecular flexibility index (Phi) is 6.71. The average Bonchev–Trinajstić information content (AvgIpc) is 2.55. The minimum absolute atomic E-state index is 0. The first kappa shape index (κ1) is 17.3. The van der Waals surface area contributed by atoms with E-state index in [4.69, 9.17) is 16.3 Å². The predicted molar refractivity (Wildman–Crippen MR) is 94.8 cm³/mol. The van der Waals surface area contributed by atoms with Gasteiger partial charge >= 0.3 is 0 Å². The van der Waals surface area contributed by atoms with Crippen molar-refractivity contribution in [3.8, 4) is 11.1 Å². The fourth-order valence-electron chi connectivity index (χ4n) is 2.76. The smallest absolute Gasteiger partial charge is 0.0726 e. The van der Waals surface area contributed by atoms with Gasteiger partial charge < -0.3 is 10.1 Å². The monoisotopic (exact) mass is 337 g/mol. The summed E-state index contributed by atoms with van der Waals surface area (Å²) >= 11 is 6.33. The van der Waals surface area contributed by atoms with E-state index in [-0.39, 0.29) is 12.4 Å². The zero-order chi connectivity index (χ0) is 14.5. The van der Waals surface area contributed by atoms with E-state index >= 15 is 0 Å². The number of piperidine rings is 1. The Morgan fingerprint density at radius 2 is 1.59 bits per heavy atom. The summed E-state index contributed by atoms with van der Waals surface area (Å²) in [4.78, 5) is 0. The zero-order valence-electron chi connectivity index (χ0n) is 12.4. The number of benzene rings is 2. The molecule has 0 atom stereocenters. The molecule has 0 unspecified atom stereocenters. The molecular formula is C18H21Cl2NO. The summed E-state index contributed by atoms with van der Waals surface area (Å²) in [6.07, 6.45) is 2.55. The predicted octanol–water partition coefficient (Wildman–Crippen LogP) is 4.70. The summed E-state index contributed by atoms with van der Waals surface area (Å²) in [6.45, 7) is 2.75. The first-order chi connectivity index (χ1) is 10.3. The SMILES string of the molecule is Cl.Clc1ccccc1-c1ccccc1COC1CCNCC1. The average molecular weight is 338 g/mol. The van der Waals surface area contributed by atoms with Gasteiger partial charge in [0.05, 0.1) is 12.7 Å². The van der Waals surface area contributed by atoms with Crippen LogP contribution in [0.5, 0.6) is 0 Å². The van der Waals surface area contributed by atoms with Gasteiger partial charge in [-0.2, -0.15) is 0 Å². The number of hydrogen-bond acceptors (Lipinski definition) is 2. The van der Waals surface area contributed by atoms with Crippen LogP contribution in [0.3, 0.4) is 0 Å². The van der Waals surface area contributed by atoms with Gasteiger partial charge in [0, 0.05) is 10.6 Å². The van der Waals surface area contributed by atoms with E-state index in [0.29, 0.717) is 12.7 Å². The van der Waals surface area contributed by atoms with E-state index in [1.54, 1.807) is 0 Å². The summed E-state index contributed by atoms with van der Waals surface area (Å²) in [6, 6.07) is 16.3. The number of hydrogen-bond donors (Lipinski definition) is 1. The maximum atomic E-state index is 6.33. The first-order valence-corrected chi connectivity index (χ1v) is 7.87. The van der Waals surface area contributed by atoms with Crippen LogP contribution in [0.4, 0.5) is 0 Å². The molecule has 0 bridgehead atoms. The molecule has 1 aliphatic rings. The summed E-state index contributed by atoms with van der Waals surface area (Å²) in [7, 11) is 0. The lowest BCUT2D eigenvalue weighted by molar-refractivity contribution is 0.0214. The molecule has 3 rings (SSSR count). The molecule has 0 aromatic heterocycles. The van der Waals surface area contributed by atoms with Crippen molar-refractivity contribution >= 4 is 24.0 Å². The third kappa shape index (κ3) is 4.23. The minimum atomic E-state index is 0. The third-order valence-electron chi connectivity index (χ3n) is 3.94. The van der Waals surface area contributed by atoms with Crippen LogP contribution >= 0.6 is 24.0 Å². The fraction of sp³-hybridized carbons (Fsp3) is 0.333. The van der Waals surface area contributed by atoms with Crippen molar-refractivity contribution in [2.24, 2.45) is 0 Å². The van der Waals surface area contributed by atoms with Crippen LogP contribution in [-0.4, -0.2) is 19.2 Å². The molecule has 1 aliphatic heterocycles. The van der Waals surface area contributed by atoms with E-state index in [9.17, 15) is 0 Å². The van der Waals surface area contributed by atoms with Crippen molar-refractivity contribution in [3.05, 3.63) is 59.1 Å². The fourth-order valence-corrected chi connectivity index (χ4v) is 3.00. The van der Waals surface area contributed by atoms with Gasteiger partial charge in [-0.05, 0) is 43.1 Å². The molecule has 1 fully saturated rings. The van der Waals surface area contributed by atoms with Crippen molar-refractivity contribution in [1.82, 2.24) is 5.32 Å². The lowest BCUT2D eigenvalue weighted by Gasteiger charge is -2.23. The molecule has 0 spiro atoms. The van der Waals surface area contributed by atoms with Gasteiger partial charge in [0.1, 0.15) is 0 Å². The standard InChI is InChI=1S/C18H20ClNO.ClH/c19-18-8-4-3-7-17(18)16-6-2-1-5-14(16)13-21-15-9-11-20-12-10-15;/h1-8,15,20H,9-13H2;1H. The molecule has 0 amide bonds. The first-order valence-electron chi connectivity index (χ1n) is 7.50. The van der Waals surface area contributed by atoms with Gasteiger partial charge in [0.2, 0.25) is 0 Å². The normalized spacial score (nSPS) is 15.3. The van der Waals surface area contributed by atoms with Crippen LogP contribution in [0.1, 0.15) is 18.4 Å². The Labute approximate surface area is 143 Å². The topological polar surface area (TPSA) is 21.3 Å². The van der Waals surface area contributed by atoms with Crippen LogP contribution in [0.2, 0.25) is 5.02 Å². The largest absolute Gasteiger partial charge is 0.373 e. The third-order valence-corrected chi connectivity index (χ3v) is 4.27. The Bertz CT molecular complexity index is 597. The van der Waals surface area contributed by atoms with Crippen molar-refractivity contribution in [1.29, 1.82) is 0 Å². The van der Waals surface area contributed by atoms with Crippen LogP contribution in [0, 0.1) is 0 Å². The Hall–Kier alpha value is -1.06. The highest BCUT2D eigenvalue weighted by Gasteiger charge is 2.14. The van der Waals surface area contributed by atoms with Crippen LogP contribution in [0.25, 0.3) is 11.1 Å². The second-order valence-electron chi connectivity index (χ2n) is 5.40. The molecule has 2 aromatic carbocycles. The summed E-state index contributed by atoms with van der Waals surface area (Å²) < 4.78 is 6.09. The van der Waals surface area contributed by atoms with E-state index in [1.165, 1.54) is 5.56 Å². The minimum Gasteiger partial charge on any atom is -0.373 e. The molecule has 118 valence electrons. The van der Waals surface area contributed by atoms with Gasteiger partial charge in [-0.15, -0.1) is 12.4 Å². The van der Waals surface area contributed by atoms with E-state index in [0.717, 1.165) is 42.1 Å². The number of rotatable bonds is 4. The Balaban J connectivity index is 0.00000176. The van der Waals surface area contributed by atoms with Gasteiger partial charge in [-0.1, -0.05) is 54.1 Å². The Morgan fingerprint density at radius 3 is 2.32 bits per heavy atom. The second kappa shape index (κ2) is 8.54. The highest BCUT2D eigenvalue weighted by Crippen LogP contribution is 2.30. The van der Waals surface area contributed by atoms with Gasteiger partial charge in [0.15, 0.2) is 0 Å². The molecule has 1 heterocycles. The lowest BCUT2D eigenvalue weighted by Crippen LogP contribution is -2.32. The highest BCUT2D eigenvalue weighted by atomic mass is 35.5. The summed E-state index contributed by atoms with van der Waals surface area (Å²) in [5.74, 6) is 0. The van der Waals surface area contributed by atoms with E-state index in [1.807, 2.05) is 24.3 Å². The van der Waals surface area contributed by atoms with Crippen molar-refractivity contribution in [2.75, 3.05) is 13.1 Å². The van der Waals surface area contributed by atoms with E-state index < -0.39 is 0 Å². The maximum Gasteiger partial charge on any atom is 0.0726 e. The highest BCUT2D eigenvalue weighted by molar-refractivity contribution is 6.33. The van der Waals surface area contributed by atoms with Crippen molar-refractivity contribution in [3.63, 3.8) is 0 Å². The number of ether oxygens (including phenoxy) is 1. The molecule has 1 N–H and O–H groups in total. The van der Waals surface area contributed by atoms with Gasteiger partial charge in [-0.25, -0.2) is 0 Å². The maximum absolute atomic E-state index is 6.33. The van der Waals surface area contributed by atoms with Crippen LogP contribution in [0.15, 0.2) is 48.5 Å². The van der Waals surface area contributed by atoms with Crippen molar-refractivity contribution < 1.29 is 4.74 Å². The van der Waals surface area contributed by atoms with Crippen molar-refractivity contribution in [2.45, 2.75) is 25.6 Å². The number of nitrogens with one attached hydrogen (secondary N) is 1. The zero-order valence-corrected chi connectivity index (χ0v) is 14.0. The lowest BCUT2D eigenvalue weighted by atomic mass is 10.00. The van der Waals surface area contributed by atoms with Crippen LogP contribution in [-0.2, 0) is 11.3 Å². The molecule has 2 aromatic rings. The molecule has 4 heteroatoms. The molecular weight excluding hydrogens is 317 g/mol. The quantitative estimate of drug-likeness (QED) is 0.873. The van der Waals surface area contributed by atoms with Gasteiger partial charge in [0.25, 0.3) is 0 Å². The molecule has 0 saturated carbocycles. The molecule has 0 aliphatic carbocycles. The van der Waals surface area contributed by atoms with Gasteiger partial charge in [-0.3, -0.25) is 0 Å². The molecule has 0 radical (unpaired) electrons. The molecule has 2 nitrogen and oxygen atoms in total. The summed E-state index contributed by atoms with van der Waals surface area (Å²) in [5, 5.41) is 4.14. The van der Waals surface area contributed by atoms with E-state index in [2.05, 4.69) is 29.6 Å². The van der Waals surface area contributed by atoms with Crippen LogP contribution < -0.4 is 5.32 Å². The number of halogens is 2. The molecule has 22 heavy (non-hydrogen) atoms.